The molecule has 0 spiro atoms. The zero-order valence-corrected chi connectivity index (χ0v) is 13.2. The summed E-state index contributed by atoms with van der Waals surface area (Å²) in [6.07, 6.45) is -4.86. The third-order valence-corrected chi connectivity index (χ3v) is 3.44. The predicted molar refractivity (Wildman–Crippen MR) is 86.8 cm³/mol. The lowest BCUT2D eigenvalue weighted by molar-refractivity contribution is -0.163. The molecular formula is C18H17F3N2O2. The molecule has 25 heavy (non-hydrogen) atoms. The zero-order valence-electron chi connectivity index (χ0n) is 13.2. The minimum Gasteiger partial charge on any atom is -0.352 e. The van der Waals surface area contributed by atoms with Crippen molar-refractivity contribution in [3.05, 3.63) is 71.8 Å². The van der Waals surface area contributed by atoms with Crippen molar-refractivity contribution in [3.63, 3.8) is 0 Å². The topological polar surface area (TPSA) is 58.2 Å². The Morgan fingerprint density at radius 2 is 1.48 bits per heavy atom. The first-order valence-corrected chi connectivity index (χ1v) is 7.62. The minimum absolute atomic E-state index is 0.0447. The summed E-state index contributed by atoms with van der Waals surface area (Å²) in [5, 5.41) is 4.47. The summed E-state index contributed by atoms with van der Waals surface area (Å²) < 4.78 is 39.5. The van der Waals surface area contributed by atoms with Gasteiger partial charge in [-0.2, -0.15) is 13.2 Å². The van der Waals surface area contributed by atoms with Crippen LogP contribution in [0, 0.1) is 0 Å². The molecule has 0 aliphatic heterocycles. The van der Waals surface area contributed by atoms with E-state index >= 15 is 0 Å². The number of halogens is 3. The fourth-order valence-corrected chi connectivity index (χ4v) is 2.21. The average Bonchev–Trinajstić information content (AvgIpc) is 2.60. The number of alkyl halides is 3. The van der Waals surface area contributed by atoms with Crippen molar-refractivity contribution in [1.82, 2.24) is 10.6 Å². The van der Waals surface area contributed by atoms with Crippen LogP contribution in [0.4, 0.5) is 13.2 Å². The molecule has 1 atom stereocenters. The van der Waals surface area contributed by atoms with Gasteiger partial charge in [0.1, 0.15) is 0 Å². The van der Waals surface area contributed by atoms with Crippen molar-refractivity contribution < 1.29 is 22.8 Å². The van der Waals surface area contributed by atoms with E-state index < -0.39 is 18.1 Å². The first kappa shape index (κ1) is 18.5. The van der Waals surface area contributed by atoms with E-state index in [1.165, 1.54) is 24.3 Å². The molecule has 0 aliphatic carbocycles. The van der Waals surface area contributed by atoms with Crippen molar-refractivity contribution in [2.45, 2.75) is 18.6 Å². The van der Waals surface area contributed by atoms with Gasteiger partial charge in [-0.05, 0) is 17.7 Å². The number of rotatable bonds is 6. The van der Waals surface area contributed by atoms with Gasteiger partial charge in [-0.15, -0.1) is 0 Å². The van der Waals surface area contributed by atoms with Crippen LogP contribution >= 0.6 is 0 Å². The van der Waals surface area contributed by atoms with Gasteiger partial charge in [-0.25, -0.2) is 0 Å². The van der Waals surface area contributed by atoms with Gasteiger partial charge >= 0.3 is 6.18 Å². The van der Waals surface area contributed by atoms with Crippen molar-refractivity contribution in [2.24, 2.45) is 0 Å². The Labute approximate surface area is 143 Å². The standard InChI is InChI=1S/C18H17F3N2O2/c19-18(20,21)16(13-7-3-1-4-8-13)23-15(24)11-12-22-17(25)14-9-5-2-6-10-14/h1-10,16H,11-12H2,(H,22,25)(H,23,24). The maximum Gasteiger partial charge on any atom is 0.412 e. The van der Waals surface area contributed by atoms with E-state index in [4.69, 9.17) is 0 Å². The minimum atomic E-state index is -4.61. The molecule has 0 fully saturated rings. The van der Waals surface area contributed by atoms with Gasteiger partial charge in [0.2, 0.25) is 5.91 Å². The van der Waals surface area contributed by atoms with Gasteiger partial charge in [0, 0.05) is 18.5 Å². The smallest absolute Gasteiger partial charge is 0.352 e. The molecule has 0 heterocycles. The van der Waals surface area contributed by atoms with Crippen LogP contribution in [0.15, 0.2) is 60.7 Å². The molecule has 2 aromatic rings. The summed E-state index contributed by atoms with van der Waals surface area (Å²) in [4.78, 5) is 23.6. The maximum absolute atomic E-state index is 13.2. The van der Waals surface area contributed by atoms with Crippen LogP contribution in [-0.2, 0) is 4.79 Å². The van der Waals surface area contributed by atoms with Crippen molar-refractivity contribution in [1.29, 1.82) is 0 Å². The Bertz CT molecular complexity index is 703. The lowest BCUT2D eigenvalue weighted by Gasteiger charge is -2.22. The second-order valence-corrected chi connectivity index (χ2v) is 5.32. The van der Waals surface area contributed by atoms with Gasteiger partial charge < -0.3 is 10.6 Å². The largest absolute Gasteiger partial charge is 0.412 e. The van der Waals surface area contributed by atoms with E-state index in [1.54, 1.807) is 36.4 Å². The van der Waals surface area contributed by atoms with E-state index in [0.29, 0.717) is 5.56 Å². The summed E-state index contributed by atoms with van der Waals surface area (Å²) in [6, 6.07) is 13.4. The van der Waals surface area contributed by atoms with Crippen LogP contribution in [0.5, 0.6) is 0 Å². The molecule has 0 radical (unpaired) electrons. The molecule has 0 bridgehead atoms. The monoisotopic (exact) mass is 350 g/mol. The Balaban J connectivity index is 1.88. The average molecular weight is 350 g/mol. The summed E-state index contributed by atoms with van der Waals surface area (Å²) in [6.45, 7) is -0.0566. The van der Waals surface area contributed by atoms with Crippen LogP contribution in [0.1, 0.15) is 28.4 Å². The lowest BCUT2D eigenvalue weighted by atomic mass is 10.1. The Morgan fingerprint density at radius 3 is 2.04 bits per heavy atom. The summed E-state index contributed by atoms with van der Waals surface area (Å²) in [5.74, 6) is -1.18. The molecule has 0 saturated heterocycles. The molecule has 2 rings (SSSR count). The van der Waals surface area contributed by atoms with Gasteiger partial charge in [0.05, 0.1) is 0 Å². The fourth-order valence-electron chi connectivity index (χ4n) is 2.21. The zero-order chi connectivity index (χ0) is 18.3. The highest BCUT2D eigenvalue weighted by atomic mass is 19.4. The van der Waals surface area contributed by atoms with E-state index in [-0.39, 0.29) is 24.4 Å². The second kappa shape index (κ2) is 8.32. The van der Waals surface area contributed by atoms with Crippen LogP contribution in [0.3, 0.4) is 0 Å². The van der Waals surface area contributed by atoms with Crippen LogP contribution in [0.25, 0.3) is 0 Å². The number of amides is 2. The molecule has 0 aliphatic rings. The van der Waals surface area contributed by atoms with E-state index in [1.807, 2.05) is 5.32 Å². The van der Waals surface area contributed by atoms with Gasteiger partial charge in [0.15, 0.2) is 6.04 Å². The lowest BCUT2D eigenvalue weighted by Crippen LogP contribution is -2.39. The molecule has 2 amide bonds. The molecule has 7 heteroatoms. The number of hydrogen-bond donors (Lipinski definition) is 2. The Morgan fingerprint density at radius 1 is 0.920 bits per heavy atom. The van der Waals surface area contributed by atoms with E-state index in [0.717, 1.165) is 0 Å². The van der Waals surface area contributed by atoms with Crippen molar-refractivity contribution in [3.8, 4) is 0 Å². The first-order valence-electron chi connectivity index (χ1n) is 7.62. The third-order valence-electron chi connectivity index (χ3n) is 3.44. The molecule has 0 saturated carbocycles. The molecule has 1 unspecified atom stereocenters. The summed E-state index contributed by atoms with van der Waals surface area (Å²) in [5.41, 5.74) is 0.372. The molecule has 4 nitrogen and oxygen atoms in total. The molecule has 2 aromatic carbocycles. The summed E-state index contributed by atoms with van der Waals surface area (Å²) in [7, 11) is 0. The van der Waals surface area contributed by atoms with Gasteiger partial charge in [0.25, 0.3) is 5.91 Å². The highest BCUT2D eigenvalue weighted by Crippen LogP contribution is 2.32. The third kappa shape index (κ3) is 5.63. The summed E-state index contributed by atoms with van der Waals surface area (Å²) >= 11 is 0. The number of carbonyl (C=O) groups excluding carboxylic acids is 2. The number of hydrogen-bond acceptors (Lipinski definition) is 2. The van der Waals surface area contributed by atoms with E-state index in [2.05, 4.69) is 5.32 Å². The molecule has 0 aromatic heterocycles. The fraction of sp³-hybridized carbons (Fsp3) is 0.222. The number of benzene rings is 2. The van der Waals surface area contributed by atoms with Crippen LogP contribution in [0.2, 0.25) is 0 Å². The maximum atomic E-state index is 13.2. The highest BCUT2D eigenvalue weighted by molar-refractivity contribution is 5.94. The van der Waals surface area contributed by atoms with Crippen molar-refractivity contribution in [2.75, 3.05) is 6.54 Å². The van der Waals surface area contributed by atoms with Crippen LogP contribution in [-0.4, -0.2) is 24.5 Å². The van der Waals surface area contributed by atoms with Crippen molar-refractivity contribution >= 4 is 11.8 Å². The van der Waals surface area contributed by atoms with E-state index in [9.17, 15) is 22.8 Å². The van der Waals surface area contributed by atoms with Crippen LogP contribution < -0.4 is 10.6 Å². The predicted octanol–water partition coefficient (Wildman–Crippen LogP) is 3.23. The second-order valence-electron chi connectivity index (χ2n) is 5.32. The molecular weight excluding hydrogens is 333 g/mol. The Hall–Kier alpha value is -2.83. The van der Waals surface area contributed by atoms with Gasteiger partial charge in [-0.1, -0.05) is 48.5 Å². The van der Waals surface area contributed by atoms with Gasteiger partial charge in [-0.3, -0.25) is 9.59 Å². The highest BCUT2D eigenvalue weighted by Gasteiger charge is 2.41. The quantitative estimate of drug-likeness (QED) is 0.840. The SMILES string of the molecule is O=C(CCNC(=O)c1ccccc1)NC(c1ccccc1)C(F)(F)F. The first-order chi connectivity index (χ1) is 11.9. The number of nitrogens with one attached hydrogen (secondary N) is 2. The molecule has 2 N–H and O–H groups in total. The molecule has 132 valence electrons. The number of carbonyl (C=O) groups is 2. The normalized spacial score (nSPS) is 12.3. The Kier molecular flexibility index (Phi) is 6.16.